The van der Waals surface area contributed by atoms with Crippen LogP contribution < -0.4 is 10.2 Å². The number of hydrogen-bond acceptors (Lipinski definition) is 3. The Morgan fingerprint density at radius 3 is 2.45 bits per heavy atom. The number of rotatable bonds is 7. The Morgan fingerprint density at radius 1 is 1.00 bits per heavy atom. The summed E-state index contributed by atoms with van der Waals surface area (Å²) in [5.41, 5.74) is 2.82. The zero-order valence-corrected chi connectivity index (χ0v) is 16.2. The van der Waals surface area contributed by atoms with Gasteiger partial charge in [0.05, 0.1) is 18.2 Å². The Morgan fingerprint density at radius 2 is 1.74 bits per heavy atom. The van der Waals surface area contributed by atoms with Gasteiger partial charge in [-0.1, -0.05) is 36.4 Å². The molecule has 0 saturated heterocycles. The van der Waals surface area contributed by atoms with Crippen LogP contribution in [0.3, 0.4) is 0 Å². The Hall–Kier alpha value is -3.68. The molecular formula is C23H18F4N2O2. The molecule has 4 nitrogen and oxygen atoms in total. The van der Waals surface area contributed by atoms with Gasteiger partial charge in [-0.3, -0.25) is 4.79 Å². The van der Waals surface area contributed by atoms with Crippen LogP contribution in [0.2, 0.25) is 0 Å². The molecule has 160 valence electrons. The van der Waals surface area contributed by atoms with Crippen molar-refractivity contribution in [3.8, 4) is 5.75 Å². The van der Waals surface area contributed by atoms with Gasteiger partial charge in [-0.2, -0.15) is 18.3 Å². The van der Waals surface area contributed by atoms with Gasteiger partial charge in [0.15, 0.2) is 0 Å². The number of nitrogens with zero attached hydrogens (tertiary/aromatic N) is 1. The number of ether oxygens (including phenoxy) is 1. The van der Waals surface area contributed by atoms with Crippen molar-refractivity contribution >= 4 is 12.1 Å². The summed E-state index contributed by atoms with van der Waals surface area (Å²) in [5, 5.41) is 3.81. The highest BCUT2D eigenvalue weighted by atomic mass is 19.4. The molecule has 0 aliphatic carbocycles. The maximum atomic E-state index is 13.6. The minimum atomic E-state index is -4.46. The molecule has 0 saturated carbocycles. The number of halogens is 4. The van der Waals surface area contributed by atoms with Gasteiger partial charge >= 0.3 is 6.18 Å². The SMILES string of the molecule is O=C(Cc1cccc(C(F)(F)F)c1)N/N=C\c1ccc(OCc2ccccc2F)cc1. The molecule has 1 amide bonds. The van der Waals surface area contributed by atoms with Crippen molar-refractivity contribution in [1.29, 1.82) is 0 Å². The van der Waals surface area contributed by atoms with Gasteiger partial charge < -0.3 is 4.74 Å². The fraction of sp³-hybridized carbons (Fsp3) is 0.130. The van der Waals surface area contributed by atoms with Crippen molar-refractivity contribution in [3.05, 3.63) is 101 Å². The van der Waals surface area contributed by atoms with Gasteiger partial charge in [-0.05, 0) is 47.5 Å². The molecular weight excluding hydrogens is 412 g/mol. The van der Waals surface area contributed by atoms with Crippen LogP contribution in [0.1, 0.15) is 22.3 Å². The van der Waals surface area contributed by atoms with E-state index < -0.39 is 17.6 Å². The molecule has 0 radical (unpaired) electrons. The fourth-order valence-corrected chi connectivity index (χ4v) is 2.69. The first-order valence-electron chi connectivity index (χ1n) is 9.25. The second-order valence-corrected chi connectivity index (χ2v) is 6.62. The molecule has 1 N–H and O–H groups in total. The third-order valence-electron chi connectivity index (χ3n) is 4.25. The molecule has 3 rings (SSSR count). The number of carbonyl (C=O) groups excluding carboxylic acids is 1. The molecule has 0 heterocycles. The van der Waals surface area contributed by atoms with Crippen molar-refractivity contribution in [3.63, 3.8) is 0 Å². The lowest BCUT2D eigenvalue weighted by molar-refractivity contribution is -0.137. The predicted octanol–water partition coefficient (Wildman–Crippen LogP) is 5.12. The van der Waals surface area contributed by atoms with E-state index in [1.54, 1.807) is 42.5 Å². The van der Waals surface area contributed by atoms with E-state index in [1.165, 1.54) is 24.4 Å². The molecule has 0 bridgehead atoms. The van der Waals surface area contributed by atoms with Crippen LogP contribution in [0.25, 0.3) is 0 Å². The first kappa shape index (κ1) is 22.0. The van der Waals surface area contributed by atoms with Crippen LogP contribution in [-0.4, -0.2) is 12.1 Å². The van der Waals surface area contributed by atoms with E-state index in [0.717, 1.165) is 12.1 Å². The van der Waals surface area contributed by atoms with Gasteiger partial charge in [0.2, 0.25) is 5.91 Å². The van der Waals surface area contributed by atoms with Crippen LogP contribution in [0.4, 0.5) is 17.6 Å². The number of carbonyl (C=O) groups is 1. The molecule has 0 fully saturated rings. The second kappa shape index (κ2) is 9.88. The highest BCUT2D eigenvalue weighted by molar-refractivity contribution is 5.83. The molecule has 0 aliphatic heterocycles. The van der Waals surface area contributed by atoms with Gasteiger partial charge in [0.25, 0.3) is 0 Å². The Balaban J connectivity index is 1.49. The van der Waals surface area contributed by atoms with Gasteiger partial charge in [-0.25, -0.2) is 9.82 Å². The van der Waals surface area contributed by atoms with Crippen molar-refractivity contribution in [2.24, 2.45) is 5.10 Å². The first-order valence-corrected chi connectivity index (χ1v) is 9.25. The van der Waals surface area contributed by atoms with Crippen molar-refractivity contribution < 1.29 is 27.1 Å². The molecule has 3 aromatic carbocycles. The topological polar surface area (TPSA) is 50.7 Å². The summed E-state index contributed by atoms with van der Waals surface area (Å²) < 4.78 is 57.3. The normalized spacial score (nSPS) is 11.5. The van der Waals surface area contributed by atoms with E-state index in [0.29, 0.717) is 16.9 Å². The summed E-state index contributed by atoms with van der Waals surface area (Å²) in [6.07, 6.45) is -3.30. The van der Waals surface area contributed by atoms with Gasteiger partial charge in [-0.15, -0.1) is 0 Å². The molecule has 0 unspecified atom stereocenters. The monoisotopic (exact) mass is 430 g/mol. The number of alkyl halides is 3. The number of amides is 1. The van der Waals surface area contributed by atoms with Crippen LogP contribution in [0, 0.1) is 5.82 Å². The third-order valence-corrected chi connectivity index (χ3v) is 4.25. The zero-order chi connectivity index (χ0) is 22.3. The van der Waals surface area contributed by atoms with Crippen LogP contribution in [0.15, 0.2) is 77.9 Å². The summed E-state index contributed by atoms with van der Waals surface area (Å²) in [4.78, 5) is 11.9. The average Bonchev–Trinajstić information content (AvgIpc) is 2.74. The lowest BCUT2D eigenvalue weighted by Crippen LogP contribution is -2.20. The molecule has 8 heteroatoms. The number of hydrogen-bond donors (Lipinski definition) is 1. The first-order chi connectivity index (χ1) is 14.8. The van der Waals surface area contributed by atoms with Crippen LogP contribution >= 0.6 is 0 Å². The quantitative estimate of drug-likeness (QED) is 0.322. The fourth-order valence-electron chi connectivity index (χ4n) is 2.69. The van der Waals surface area contributed by atoms with E-state index in [-0.39, 0.29) is 24.4 Å². The van der Waals surface area contributed by atoms with E-state index in [1.807, 2.05) is 0 Å². The lowest BCUT2D eigenvalue weighted by atomic mass is 10.1. The maximum Gasteiger partial charge on any atom is 0.416 e. The minimum absolute atomic E-state index is 0.0890. The minimum Gasteiger partial charge on any atom is -0.489 e. The summed E-state index contributed by atoms with van der Waals surface area (Å²) in [5.74, 6) is -0.346. The van der Waals surface area contributed by atoms with Crippen molar-refractivity contribution in [2.75, 3.05) is 0 Å². The summed E-state index contributed by atoms with van der Waals surface area (Å²) in [7, 11) is 0. The van der Waals surface area contributed by atoms with Crippen LogP contribution in [0.5, 0.6) is 5.75 Å². The van der Waals surface area contributed by atoms with Crippen molar-refractivity contribution in [2.45, 2.75) is 19.2 Å². The Labute approximate surface area is 176 Å². The molecule has 0 spiro atoms. The highest BCUT2D eigenvalue weighted by Gasteiger charge is 2.30. The average molecular weight is 430 g/mol. The highest BCUT2D eigenvalue weighted by Crippen LogP contribution is 2.29. The zero-order valence-electron chi connectivity index (χ0n) is 16.2. The maximum absolute atomic E-state index is 13.6. The largest absolute Gasteiger partial charge is 0.489 e. The molecule has 3 aromatic rings. The molecule has 0 aliphatic rings. The van der Waals surface area contributed by atoms with E-state index >= 15 is 0 Å². The molecule has 0 aromatic heterocycles. The van der Waals surface area contributed by atoms with E-state index in [9.17, 15) is 22.4 Å². The van der Waals surface area contributed by atoms with Gasteiger partial charge in [0, 0.05) is 5.56 Å². The molecule has 0 atom stereocenters. The summed E-state index contributed by atoms with van der Waals surface area (Å²) >= 11 is 0. The summed E-state index contributed by atoms with van der Waals surface area (Å²) in [6, 6.07) is 17.6. The molecule has 31 heavy (non-hydrogen) atoms. The second-order valence-electron chi connectivity index (χ2n) is 6.62. The van der Waals surface area contributed by atoms with Gasteiger partial charge in [0.1, 0.15) is 18.2 Å². The predicted molar refractivity (Wildman–Crippen MR) is 108 cm³/mol. The smallest absolute Gasteiger partial charge is 0.416 e. The van der Waals surface area contributed by atoms with Crippen LogP contribution in [-0.2, 0) is 24.0 Å². The van der Waals surface area contributed by atoms with E-state index in [4.69, 9.17) is 4.74 Å². The summed E-state index contributed by atoms with van der Waals surface area (Å²) in [6.45, 7) is 0.0890. The van der Waals surface area contributed by atoms with E-state index in [2.05, 4.69) is 10.5 Å². The number of benzene rings is 3. The number of nitrogens with one attached hydrogen (secondary N) is 1. The Kier molecular flexibility index (Phi) is 7.02. The standard InChI is InChI=1S/C23H18F4N2O2/c24-21-7-2-1-5-18(21)15-31-20-10-8-16(9-11-20)14-28-29-22(30)13-17-4-3-6-19(12-17)23(25,26)27/h1-12,14H,13,15H2,(H,29,30)/b28-14-. The number of hydrazone groups is 1. The third kappa shape index (κ3) is 6.67. The lowest BCUT2D eigenvalue weighted by Gasteiger charge is -2.08. The van der Waals surface area contributed by atoms with Crippen molar-refractivity contribution in [1.82, 2.24) is 5.43 Å². The Bertz CT molecular complexity index is 1060.